The summed E-state index contributed by atoms with van der Waals surface area (Å²) in [6.07, 6.45) is 1.39. The van der Waals surface area contributed by atoms with Crippen LogP contribution >= 0.6 is 0 Å². The van der Waals surface area contributed by atoms with Crippen LogP contribution in [0.2, 0.25) is 0 Å². The molecule has 3 aromatic rings. The second kappa shape index (κ2) is 9.98. The zero-order chi connectivity index (χ0) is 33.1. The monoisotopic (exact) mass is 628 g/mol. The van der Waals surface area contributed by atoms with Crippen LogP contribution in [0.25, 0.3) is 33.2 Å². The Hall–Kier alpha value is -5.04. The number of hydroxylamine groups is 2. The van der Waals surface area contributed by atoms with Crippen molar-refractivity contribution in [1.29, 1.82) is 5.26 Å². The highest BCUT2D eigenvalue weighted by Gasteiger charge is 2.57. The van der Waals surface area contributed by atoms with Crippen molar-refractivity contribution >= 4 is 51.0 Å². The number of rotatable bonds is 2. The topological polar surface area (TPSA) is 145 Å². The number of nitrogens with one attached hydrogen (secondary N) is 2. The number of aryl methyl sites for hydroxylation is 2. The maximum atomic E-state index is 13.7. The van der Waals surface area contributed by atoms with Gasteiger partial charge in [0.05, 0.1) is 29.3 Å². The molecule has 1 saturated heterocycles. The lowest BCUT2D eigenvalue weighted by Gasteiger charge is -2.26. The van der Waals surface area contributed by atoms with E-state index in [0.29, 0.717) is 11.5 Å². The molecule has 8 rings (SSSR count). The molecule has 4 atom stereocenters. The van der Waals surface area contributed by atoms with E-state index in [4.69, 9.17) is 14.8 Å². The lowest BCUT2D eigenvalue weighted by atomic mass is 9.77. The summed E-state index contributed by atoms with van der Waals surface area (Å²) in [6, 6.07) is 10.8. The van der Waals surface area contributed by atoms with E-state index >= 15 is 0 Å². The number of carbonyl (C=O) groups excluding carboxylic acids is 3. The molecular formula is C37H36N6O4. The van der Waals surface area contributed by atoms with E-state index in [-0.39, 0.29) is 30.1 Å². The Kier molecular flexibility index (Phi) is 6.24. The Bertz CT molecular complexity index is 2200. The number of aromatic nitrogens is 4. The first-order chi connectivity index (χ1) is 22.4. The van der Waals surface area contributed by atoms with Gasteiger partial charge in [0.2, 0.25) is 0 Å². The molecule has 0 radical (unpaired) electrons. The van der Waals surface area contributed by atoms with Gasteiger partial charge >= 0.3 is 5.97 Å². The number of fused-ring (bicyclic) bond motifs is 15. The summed E-state index contributed by atoms with van der Waals surface area (Å²) in [4.78, 5) is 61.1. The van der Waals surface area contributed by atoms with E-state index in [0.717, 1.165) is 73.5 Å². The number of nitriles is 1. The molecule has 0 unspecified atom stereocenters. The molecule has 1 saturated carbocycles. The zero-order valence-corrected chi connectivity index (χ0v) is 27.4. The highest BCUT2D eigenvalue weighted by atomic mass is 16.7. The van der Waals surface area contributed by atoms with Gasteiger partial charge < -0.3 is 14.8 Å². The van der Waals surface area contributed by atoms with Crippen molar-refractivity contribution in [3.05, 3.63) is 69.3 Å². The van der Waals surface area contributed by atoms with Crippen molar-refractivity contribution < 1.29 is 19.2 Å². The van der Waals surface area contributed by atoms with Crippen LogP contribution in [0.3, 0.4) is 0 Å². The average Bonchev–Trinajstić information content (AvgIpc) is 3.87. The number of amides is 2. The number of hydrogen-bond donors (Lipinski definition) is 2. The molecule has 3 aromatic heterocycles. The summed E-state index contributed by atoms with van der Waals surface area (Å²) in [5, 5.41) is 11.0. The third-order valence-electron chi connectivity index (χ3n) is 11.2. The van der Waals surface area contributed by atoms with Crippen molar-refractivity contribution in [1.82, 2.24) is 25.0 Å². The number of nitrogens with zero attached hydrogens (tertiary/aromatic N) is 4. The molecular weight excluding hydrogens is 592 g/mol. The van der Waals surface area contributed by atoms with Crippen LogP contribution in [0.4, 0.5) is 0 Å². The SMILES string of the molecule is CC1=C(C)c2cc3[nH]c(cc4nc(cc5[nH]c(cc1n2)c(C)c5C)CC4(C)C)c1c3[C@H]2C[C@@H]1[C@H](C#N)[C@H]2C(=O)ON1C(=O)CCC1=O. The Balaban J connectivity index is 1.38. The minimum Gasteiger partial charge on any atom is -0.355 e. The molecule has 3 aliphatic heterocycles. The molecule has 5 aliphatic rings. The van der Waals surface area contributed by atoms with E-state index < -0.39 is 29.6 Å². The summed E-state index contributed by atoms with van der Waals surface area (Å²) in [5.74, 6) is -3.81. The van der Waals surface area contributed by atoms with Gasteiger partial charge in [-0.15, -0.1) is 5.06 Å². The molecule has 6 heterocycles. The van der Waals surface area contributed by atoms with Gasteiger partial charge in [-0.25, -0.2) is 9.78 Å². The van der Waals surface area contributed by atoms with Crippen LogP contribution in [0.5, 0.6) is 0 Å². The Morgan fingerprint density at radius 1 is 0.872 bits per heavy atom. The third kappa shape index (κ3) is 4.25. The quantitative estimate of drug-likeness (QED) is 0.315. The van der Waals surface area contributed by atoms with Gasteiger partial charge in [0.15, 0.2) is 0 Å². The van der Waals surface area contributed by atoms with Crippen LogP contribution in [0.15, 0.2) is 24.3 Å². The average molecular weight is 629 g/mol. The molecule has 238 valence electrons. The number of H-pyrrole nitrogens is 2. The number of allylic oxidation sites excluding steroid dienone is 2. The van der Waals surface area contributed by atoms with E-state index in [2.05, 4.69) is 75.8 Å². The van der Waals surface area contributed by atoms with Crippen molar-refractivity contribution in [3.8, 4) is 6.07 Å². The van der Waals surface area contributed by atoms with Gasteiger partial charge in [0.1, 0.15) is 0 Å². The molecule has 0 spiro atoms. The lowest BCUT2D eigenvalue weighted by molar-refractivity contribution is -0.201. The predicted octanol–water partition coefficient (Wildman–Crippen LogP) is 6.35. The maximum absolute atomic E-state index is 13.7. The van der Waals surface area contributed by atoms with Crippen molar-refractivity contribution in [2.45, 2.75) is 84.5 Å². The van der Waals surface area contributed by atoms with E-state index in [1.54, 1.807) is 0 Å². The fourth-order valence-corrected chi connectivity index (χ4v) is 8.31. The maximum Gasteiger partial charge on any atom is 0.338 e. The largest absolute Gasteiger partial charge is 0.355 e. The van der Waals surface area contributed by atoms with Gasteiger partial charge in [-0.1, -0.05) is 13.8 Å². The number of aromatic amines is 2. The molecule has 10 heteroatoms. The highest BCUT2D eigenvalue weighted by Crippen LogP contribution is 2.62. The van der Waals surface area contributed by atoms with Gasteiger partial charge in [-0.05, 0) is 91.8 Å². The third-order valence-corrected chi connectivity index (χ3v) is 11.2. The standard InChI is InChI=1S/C37H36N6O4/c1-16-17(2)25-11-26-18(3)19(4)27(41-26)12-28-35-22-10-21(23(15-38)33(22)36(46)47-43-31(44)7-8-32(43)45)34(35)29(42-28)13-30-37(5,6)14-20(39-30)9-24(16)40-25/h9,11-13,21-23,33,40,42H,7-8,10,14H2,1-6H3/t21-,22+,23+,33+/m1/s1. The van der Waals surface area contributed by atoms with E-state index in [9.17, 15) is 19.6 Å². The Morgan fingerprint density at radius 3 is 2.11 bits per heavy atom. The normalized spacial score (nSPS) is 24.2. The van der Waals surface area contributed by atoms with Gasteiger partial charge in [-0.3, -0.25) is 14.6 Å². The first kappa shape index (κ1) is 29.4. The van der Waals surface area contributed by atoms with Gasteiger partial charge in [0.25, 0.3) is 11.8 Å². The van der Waals surface area contributed by atoms with Crippen LogP contribution in [0.1, 0.15) is 104 Å². The first-order valence-corrected chi connectivity index (χ1v) is 16.3. The second-order valence-corrected chi connectivity index (χ2v) is 14.4. The fraction of sp³-hybridized carbons (Fsp3) is 0.405. The van der Waals surface area contributed by atoms with E-state index in [1.807, 2.05) is 6.07 Å². The van der Waals surface area contributed by atoms with Crippen LogP contribution in [0, 0.1) is 37.0 Å². The van der Waals surface area contributed by atoms with Crippen LogP contribution in [-0.2, 0) is 31.1 Å². The molecule has 2 fully saturated rings. The molecule has 2 aliphatic carbocycles. The number of carbonyl (C=O) groups is 3. The van der Waals surface area contributed by atoms with Gasteiger partial charge in [-0.2, -0.15) is 5.26 Å². The molecule has 47 heavy (non-hydrogen) atoms. The lowest BCUT2D eigenvalue weighted by Crippen LogP contribution is -2.37. The summed E-state index contributed by atoms with van der Waals surface area (Å²) < 4.78 is 0. The van der Waals surface area contributed by atoms with Gasteiger partial charge in [0, 0.05) is 70.0 Å². The highest BCUT2D eigenvalue weighted by molar-refractivity contribution is 6.02. The minimum absolute atomic E-state index is 0.0108. The predicted molar refractivity (Wildman–Crippen MR) is 175 cm³/mol. The second-order valence-electron chi connectivity index (χ2n) is 14.4. The smallest absolute Gasteiger partial charge is 0.338 e. The zero-order valence-electron chi connectivity index (χ0n) is 27.4. The number of hydrogen-bond acceptors (Lipinski definition) is 7. The first-order valence-electron chi connectivity index (χ1n) is 16.3. The fourth-order valence-electron chi connectivity index (χ4n) is 8.31. The van der Waals surface area contributed by atoms with Crippen molar-refractivity contribution in [2.24, 2.45) is 11.8 Å². The van der Waals surface area contributed by atoms with Crippen LogP contribution in [-0.4, -0.2) is 42.8 Å². The molecule has 0 aromatic carbocycles. The molecule has 10 bridgehead atoms. The summed E-state index contributed by atoms with van der Waals surface area (Å²) in [6.45, 7) is 12.8. The van der Waals surface area contributed by atoms with Crippen molar-refractivity contribution in [2.75, 3.05) is 0 Å². The molecule has 2 N–H and O–H groups in total. The van der Waals surface area contributed by atoms with Crippen molar-refractivity contribution in [3.63, 3.8) is 0 Å². The Labute approximate surface area is 271 Å². The summed E-state index contributed by atoms with van der Waals surface area (Å²) in [7, 11) is 0. The number of imide groups is 1. The summed E-state index contributed by atoms with van der Waals surface area (Å²) >= 11 is 0. The molecule has 10 nitrogen and oxygen atoms in total. The van der Waals surface area contributed by atoms with Crippen LogP contribution < -0.4 is 0 Å². The Morgan fingerprint density at radius 2 is 1.45 bits per heavy atom. The summed E-state index contributed by atoms with van der Waals surface area (Å²) in [5.41, 5.74) is 13.7. The molecule has 2 amide bonds. The van der Waals surface area contributed by atoms with E-state index in [1.165, 1.54) is 11.1 Å². The minimum atomic E-state index is -0.814.